The molecule has 2 heterocycles. The van der Waals surface area contributed by atoms with E-state index in [4.69, 9.17) is 0 Å². The first kappa shape index (κ1) is 17.8. The molecule has 0 unspecified atom stereocenters. The number of carbonyl (C=O) groups excluding carboxylic acids is 1. The van der Waals surface area contributed by atoms with Gasteiger partial charge in [0.1, 0.15) is 6.54 Å². The molecule has 0 atom stereocenters. The van der Waals surface area contributed by atoms with Crippen LogP contribution in [0.4, 0.5) is 13.2 Å². The lowest BCUT2D eigenvalue weighted by Gasteiger charge is -2.19. The van der Waals surface area contributed by atoms with E-state index in [-0.39, 0.29) is 12.5 Å². The average Bonchev–Trinajstić information content (AvgIpc) is 2.80. The van der Waals surface area contributed by atoms with Crippen molar-refractivity contribution in [1.29, 1.82) is 0 Å². The zero-order chi connectivity index (χ0) is 16.7. The number of nitrogens with zero attached hydrogens (tertiary/aromatic N) is 3. The highest BCUT2D eigenvalue weighted by Gasteiger charge is 2.33. The second-order valence-corrected chi connectivity index (χ2v) is 5.86. The summed E-state index contributed by atoms with van der Waals surface area (Å²) in [5, 5.41) is 6.08. The number of carbonyl (C=O) groups is 1. The summed E-state index contributed by atoms with van der Waals surface area (Å²) in [6, 6.07) is 0.868. The molecule has 1 fully saturated rings. The molecule has 1 N–H and O–H groups in total. The summed E-state index contributed by atoms with van der Waals surface area (Å²) in [7, 11) is 0. The van der Waals surface area contributed by atoms with Crippen molar-refractivity contribution in [2.45, 2.75) is 44.8 Å². The normalized spacial score (nSPS) is 17.0. The molecule has 23 heavy (non-hydrogen) atoms. The van der Waals surface area contributed by atoms with Crippen LogP contribution in [0, 0.1) is 0 Å². The molecule has 0 saturated carbocycles. The number of alkyl halides is 3. The first-order valence-corrected chi connectivity index (χ1v) is 8.05. The van der Waals surface area contributed by atoms with Crippen LogP contribution in [-0.2, 0) is 17.5 Å². The predicted octanol–water partition coefficient (Wildman–Crippen LogP) is 2.28. The molecule has 0 aliphatic carbocycles. The van der Waals surface area contributed by atoms with Crippen LogP contribution in [0.1, 0.15) is 37.8 Å². The quantitative estimate of drug-likeness (QED) is 0.813. The summed E-state index contributed by atoms with van der Waals surface area (Å²) < 4.78 is 38.2. The second kappa shape index (κ2) is 8.33. The number of likely N-dealkylation sites (tertiary alicyclic amines) is 1. The van der Waals surface area contributed by atoms with Gasteiger partial charge in [-0.1, -0.05) is 12.8 Å². The first-order valence-electron chi connectivity index (χ1n) is 8.05. The average molecular weight is 332 g/mol. The number of nitrogens with one attached hydrogen (secondary N) is 1. The Morgan fingerprint density at radius 2 is 1.91 bits per heavy atom. The molecule has 0 bridgehead atoms. The zero-order valence-corrected chi connectivity index (χ0v) is 13.1. The monoisotopic (exact) mass is 332 g/mol. The minimum atomic E-state index is -4.48. The van der Waals surface area contributed by atoms with Crippen LogP contribution in [-0.4, -0.2) is 46.8 Å². The van der Waals surface area contributed by atoms with Gasteiger partial charge in [0.25, 0.3) is 0 Å². The van der Waals surface area contributed by atoms with E-state index in [1.54, 1.807) is 0 Å². The molecule has 0 aromatic carbocycles. The minimum absolute atomic E-state index is 0.195. The van der Waals surface area contributed by atoms with Gasteiger partial charge in [0.15, 0.2) is 5.69 Å². The van der Waals surface area contributed by atoms with Crippen LogP contribution < -0.4 is 5.32 Å². The highest BCUT2D eigenvalue weighted by atomic mass is 19.4. The van der Waals surface area contributed by atoms with Gasteiger partial charge in [-0.25, -0.2) is 0 Å². The third kappa shape index (κ3) is 6.21. The highest BCUT2D eigenvalue weighted by molar-refractivity contribution is 5.75. The molecule has 1 aliphatic rings. The van der Waals surface area contributed by atoms with Crippen molar-refractivity contribution in [3.05, 3.63) is 18.0 Å². The maximum Gasteiger partial charge on any atom is 0.435 e. The van der Waals surface area contributed by atoms with Crippen LogP contribution in [0.3, 0.4) is 0 Å². The Labute approximate surface area is 133 Å². The highest BCUT2D eigenvalue weighted by Crippen LogP contribution is 2.27. The Kier molecular flexibility index (Phi) is 6.44. The van der Waals surface area contributed by atoms with Gasteiger partial charge in [-0.05, 0) is 45.0 Å². The topological polar surface area (TPSA) is 50.2 Å². The fourth-order valence-electron chi connectivity index (χ4n) is 2.69. The third-order valence-electron chi connectivity index (χ3n) is 3.91. The Hall–Kier alpha value is -1.57. The van der Waals surface area contributed by atoms with E-state index in [9.17, 15) is 18.0 Å². The van der Waals surface area contributed by atoms with Crippen LogP contribution in [0.15, 0.2) is 12.3 Å². The van der Waals surface area contributed by atoms with E-state index >= 15 is 0 Å². The minimum Gasteiger partial charge on any atom is -0.354 e. The van der Waals surface area contributed by atoms with Gasteiger partial charge in [-0.2, -0.15) is 18.3 Å². The summed E-state index contributed by atoms with van der Waals surface area (Å²) in [5.74, 6) is -0.322. The smallest absolute Gasteiger partial charge is 0.354 e. The lowest BCUT2D eigenvalue weighted by Crippen LogP contribution is -2.32. The Balaban J connectivity index is 1.64. The Bertz CT molecular complexity index is 493. The van der Waals surface area contributed by atoms with Crippen LogP contribution in [0.5, 0.6) is 0 Å². The first-order chi connectivity index (χ1) is 10.9. The summed E-state index contributed by atoms with van der Waals surface area (Å²) in [6.45, 7) is 3.51. The molecule has 0 spiro atoms. The van der Waals surface area contributed by atoms with Crippen LogP contribution in [0.2, 0.25) is 0 Å². The van der Waals surface area contributed by atoms with Gasteiger partial charge in [0.05, 0.1) is 0 Å². The number of hydrogen-bond acceptors (Lipinski definition) is 3. The summed E-state index contributed by atoms with van der Waals surface area (Å²) in [5.41, 5.74) is -0.980. The fraction of sp³-hybridized carbons (Fsp3) is 0.733. The summed E-state index contributed by atoms with van der Waals surface area (Å²) >= 11 is 0. The second-order valence-electron chi connectivity index (χ2n) is 5.86. The molecule has 5 nitrogen and oxygen atoms in total. The molecular formula is C15H23F3N4O. The molecule has 1 aromatic heterocycles. The van der Waals surface area contributed by atoms with Crippen molar-refractivity contribution < 1.29 is 18.0 Å². The zero-order valence-electron chi connectivity index (χ0n) is 13.1. The maximum atomic E-state index is 12.4. The Morgan fingerprint density at radius 1 is 1.22 bits per heavy atom. The number of amides is 1. The third-order valence-corrected chi connectivity index (χ3v) is 3.91. The van der Waals surface area contributed by atoms with Crippen LogP contribution in [0.25, 0.3) is 0 Å². The van der Waals surface area contributed by atoms with E-state index in [1.807, 2.05) is 0 Å². The number of halogens is 3. The van der Waals surface area contributed by atoms with Crippen LogP contribution >= 0.6 is 0 Å². The van der Waals surface area contributed by atoms with E-state index < -0.39 is 11.9 Å². The molecule has 130 valence electrons. The van der Waals surface area contributed by atoms with Gasteiger partial charge in [0.2, 0.25) is 5.91 Å². The Morgan fingerprint density at radius 3 is 2.52 bits per heavy atom. The SMILES string of the molecule is O=C(Cn1ccc(C(F)(F)F)n1)NCCCN1CCCCCC1. The van der Waals surface area contributed by atoms with Gasteiger partial charge >= 0.3 is 6.18 Å². The maximum absolute atomic E-state index is 12.4. The number of hydrogen-bond donors (Lipinski definition) is 1. The lowest BCUT2D eigenvalue weighted by atomic mass is 10.2. The molecule has 1 aromatic rings. The fourth-order valence-corrected chi connectivity index (χ4v) is 2.69. The molecule has 1 aliphatic heterocycles. The number of aromatic nitrogens is 2. The molecule has 2 rings (SSSR count). The number of rotatable bonds is 6. The van der Waals surface area contributed by atoms with Crippen molar-refractivity contribution in [1.82, 2.24) is 20.0 Å². The van der Waals surface area contributed by atoms with E-state index in [1.165, 1.54) is 31.9 Å². The molecular weight excluding hydrogens is 309 g/mol. The standard InChI is InChI=1S/C15H23F3N4O/c16-15(17,18)13-6-11-22(20-13)12-14(23)19-7-5-10-21-8-3-1-2-4-9-21/h6,11H,1-5,7-10,12H2,(H,19,23). The van der Waals surface area contributed by atoms with E-state index in [2.05, 4.69) is 15.3 Å². The van der Waals surface area contributed by atoms with Gasteiger partial charge in [-0.3, -0.25) is 9.48 Å². The van der Waals surface area contributed by atoms with Crippen molar-refractivity contribution in [2.24, 2.45) is 0 Å². The predicted molar refractivity (Wildman–Crippen MR) is 79.8 cm³/mol. The molecule has 1 amide bonds. The summed E-state index contributed by atoms with van der Waals surface area (Å²) in [6.07, 6.45) is 2.57. The van der Waals surface area contributed by atoms with E-state index in [0.717, 1.165) is 36.8 Å². The van der Waals surface area contributed by atoms with Crippen molar-refractivity contribution in [3.63, 3.8) is 0 Å². The molecule has 0 radical (unpaired) electrons. The largest absolute Gasteiger partial charge is 0.435 e. The molecule has 8 heteroatoms. The van der Waals surface area contributed by atoms with Crippen molar-refractivity contribution in [2.75, 3.05) is 26.2 Å². The molecule has 1 saturated heterocycles. The van der Waals surface area contributed by atoms with Gasteiger partial charge in [-0.15, -0.1) is 0 Å². The lowest BCUT2D eigenvalue weighted by molar-refractivity contribution is -0.141. The van der Waals surface area contributed by atoms with Gasteiger partial charge < -0.3 is 10.2 Å². The summed E-state index contributed by atoms with van der Waals surface area (Å²) in [4.78, 5) is 14.1. The van der Waals surface area contributed by atoms with Crippen molar-refractivity contribution >= 4 is 5.91 Å². The van der Waals surface area contributed by atoms with E-state index in [0.29, 0.717) is 6.54 Å². The van der Waals surface area contributed by atoms with Crippen molar-refractivity contribution in [3.8, 4) is 0 Å². The van der Waals surface area contributed by atoms with Gasteiger partial charge in [0, 0.05) is 12.7 Å².